The molecule has 3 heteroatoms. The van der Waals surface area contributed by atoms with Crippen LogP contribution < -0.4 is 0 Å². The zero-order valence-electron chi connectivity index (χ0n) is 8.49. The van der Waals surface area contributed by atoms with Crippen molar-refractivity contribution >= 4 is 12.6 Å². The van der Waals surface area contributed by atoms with Gasteiger partial charge in [-0.05, 0) is 32.7 Å². The number of rotatable bonds is 2. The Morgan fingerprint density at radius 3 is 2.64 bits per heavy atom. The lowest BCUT2D eigenvalue weighted by Gasteiger charge is -2.04. The van der Waals surface area contributed by atoms with Gasteiger partial charge < -0.3 is 0 Å². The topological polar surface area (TPSA) is 37.6 Å². The van der Waals surface area contributed by atoms with Gasteiger partial charge in [0.05, 0.1) is 0 Å². The SMILES string of the molecule is C=CN=C(N=C)c1ccc(C)nc1C. The molecule has 3 nitrogen and oxygen atoms in total. The summed E-state index contributed by atoms with van der Waals surface area (Å²) < 4.78 is 0. The molecule has 0 amide bonds. The Morgan fingerprint density at radius 2 is 2.14 bits per heavy atom. The van der Waals surface area contributed by atoms with Crippen LogP contribution in [0, 0.1) is 13.8 Å². The predicted molar refractivity (Wildman–Crippen MR) is 60.0 cm³/mol. The normalized spacial score (nSPS) is 11.1. The molecule has 14 heavy (non-hydrogen) atoms. The molecule has 0 radical (unpaired) electrons. The summed E-state index contributed by atoms with van der Waals surface area (Å²) in [4.78, 5) is 12.2. The fourth-order valence-electron chi connectivity index (χ4n) is 1.20. The monoisotopic (exact) mass is 187 g/mol. The number of nitrogens with zero attached hydrogens (tertiary/aromatic N) is 3. The van der Waals surface area contributed by atoms with Crippen molar-refractivity contribution < 1.29 is 0 Å². The minimum atomic E-state index is 0.560. The van der Waals surface area contributed by atoms with Crippen molar-refractivity contribution in [3.05, 3.63) is 41.9 Å². The van der Waals surface area contributed by atoms with Gasteiger partial charge in [-0.25, -0.2) is 9.98 Å². The van der Waals surface area contributed by atoms with Crippen molar-refractivity contribution in [1.82, 2.24) is 4.98 Å². The lowest BCUT2D eigenvalue weighted by Crippen LogP contribution is -2.01. The van der Waals surface area contributed by atoms with Crippen molar-refractivity contribution in [2.45, 2.75) is 13.8 Å². The molecule has 0 aliphatic rings. The number of aromatic nitrogens is 1. The van der Waals surface area contributed by atoms with Crippen LogP contribution in [-0.4, -0.2) is 17.5 Å². The summed E-state index contributed by atoms with van der Waals surface area (Å²) in [7, 11) is 0. The van der Waals surface area contributed by atoms with E-state index in [1.165, 1.54) is 6.20 Å². The molecule has 0 spiro atoms. The van der Waals surface area contributed by atoms with Gasteiger partial charge in [-0.3, -0.25) is 4.98 Å². The molecule has 0 fully saturated rings. The van der Waals surface area contributed by atoms with E-state index in [1.54, 1.807) is 0 Å². The van der Waals surface area contributed by atoms with Crippen LogP contribution in [0.3, 0.4) is 0 Å². The van der Waals surface area contributed by atoms with Gasteiger partial charge >= 0.3 is 0 Å². The highest BCUT2D eigenvalue weighted by Crippen LogP contribution is 2.08. The molecule has 0 atom stereocenters. The van der Waals surface area contributed by atoms with E-state index in [2.05, 4.69) is 28.3 Å². The summed E-state index contributed by atoms with van der Waals surface area (Å²) in [5.41, 5.74) is 2.77. The maximum absolute atomic E-state index is 4.32. The molecule has 1 aromatic rings. The average molecular weight is 187 g/mol. The van der Waals surface area contributed by atoms with Crippen LogP contribution in [0.25, 0.3) is 0 Å². The number of aryl methyl sites for hydroxylation is 2. The molecule has 0 aromatic carbocycles. The molecular weight excluding hydrogens is 174 g/mol. The van der Waals surface area contributed by atoms with Gasteiger partial charge in [0.1, 0.15) is 0 Å². The Hall–Kier alpha value is -1.77. The number of pyridine rings is 1. The van der Waals surface area contributed by atoms with E-state index in [1.807, 2.05) is 26.0 Å². The van der Waals surface area contributed by atoms with Crippen molar-refractivity contribution in [3.63, 3.8) is 0 Å². The van der Waals surface area contributed by atoms with Gasteiger partial charge in [-0.1, -0.05) is 6.58 Å². The fourth-order valence-corrected chi connectivity index (χ4v) is 1.20. The zero-order valence-corrected chi connectivity index (χ0v) is 8.49. The highest BCUT2D eigenvalue weighted by molar-refractivity contribution is 6.02. The van der Waals surface area contributed by atoms with Crippen LogP contribution in [0.15, 0.2) is 34.9 Å². The van der Waals surface area contributed by atoms with E-state index in [9.17, 15) is 0 Å². The second-order valence-corrected chi connectivity index (χ2v) is 2.88. The Morgan fingerprint density at radius 1 is 1.43 bits per heavy atom. The fraction of sp³-hybridized carbons (Fsp3) is 0.182. The summed E-state index contributed by atoms with van der Waals surface area (Å²) in [6.07, 6.45) is 1.45. The third-order valence-corrected chi connectivity index (χ3v) is 1.83. The number of hydrogen-bond donors (Lipinski definition) is 0. The molecule has 0 aliphatic carbocycles. The van der Waals surface area contributed by atoms with Gasteiger partial charge in [0, 0.05) is 23.2 Å². The van der Waals surface area contributed by atoms with Gasteiger partial charge in [0.15, 0.2) is 5.84 Å². The lowest BCUT2D eigenvalue weighted by molar-refractivity contribution is 1.11. The molecule has 0 N–H and O–H groups in total. The van der Waals surface area contributed by atoms with Crippen molar-refractivity contribution in [2.24, 2.45) is 9.98 Å². The van der Waals surface area contributed by atoms with E-state index in [4.69, 9.17) is 0 Å². The first-order valence-electron chi connectivity index (χ1n) is 4.29. The maximum atomic E-state index is 4.32. The van der Waals surface area contributed by atoms with Crippen molar-refractivity contribution in [2.75, 3.05) is 0 Å². The Bertz CT molecular complexity index is 392. The first kappa shape index (κ1) is 10.3. The smallest absolute Gasteiger partial charge is 0.160 e. The third kappa shape index (κ3) is 2.13. The van der Waals surface area contributed by atoms with E-state index >= 15 is 0 Å². The van der Waals surface area contributed by atoms with Crippen LogP contribution in [0.2, 0.25) is 0 Å². The van der Waals surface area contributed by atoms with Gasteiger partial charge in [-0.2, -0.15) is 0 Å². The average Bonchev–Trinajstić information content (AvgIpc) is 2.15. The molecule has 0 saturated heterocycles. The molecule has 0 aliphatic heterocycles. The summed E-state index contributed by atoms with van der Waals surface area (Å²) in [6.45, 7) is 10.9. The minimum Gasteiger partial charge on any atom is -0.258 e. The number of aliphatic imine (C=N–C) groups is 2. The van der Waals surface area contributed by atoms with Crippen LogP contribution in [0.5, 0.6) is 0 Å². The van der Waals surface area contributed by atoms with Crippen LogP contribution in [0.1, 0.15) is 17.0 Å². The van der Waals surface area contributed by atoms with Crippen LogP contribution in [-0.2, 0) is 0 Å². The first-order valence-corrected chi connectivity index (χ1v) is 4.29. The molecular formula is C11H13N3. The van der Waals surface area contributed by atoms with E-state index < -0.39 is 0 Å². The predicted octanol–water partition coefficient (Wildman–Crippen LogP) is 2.29. The second kappa shape index (κ2) is 4.46. The molecule has 72 valence electrons. The van der Waals surface area contributed by atoms with E-state index in [-0.39, 0.29) is 0 Å². The van der Waals surface area contributed by atoms with E-state index in [0.717, 1.165) is 17.0 Å². The highest BCUT2D eigenvalue weighted by atomic mass is 14.9. The quantitative estimate of drug-likeness (QED) is 0.517. The maximum Gasteiger partial charge on any atom is 0.160 e. The first-order chi connectivity index (χ1) is 6.69. The zero-order chi connectivity index (χ0) is 10.6. The van der Waals surface area contributed by atoms with Gasteiger partial charge in [0.25, 0.3) is 0 Å². The van der Waals surface area contributed by atoms with Crippen molar-refractivity contribution in [3.8, 4) is 0 Å². The molecule has 0 unspecified atom stereocenters. The molecule has 1 rings (SSSR count). The Labute approximate surface area is 83.9 Å². The minimum absolute atomic E-state index is 0.560. The van der Waals surface area contributed by atoms with Gasteiger partial charge in [-0.15, -0.1) is 0 Å². The van der Waals surface area contributed by atoms with Crippen LogP contribution in [0.4, 0.5) is 0 Å². The Balaban J connectivity index is 3.24. The van der Waals surface area contributed by atoms with Crippen molar-refractivity contribution in [1.29, 1.82) is 0 Å². The third-order valence-electron chi connectivity index (χ3n) is 1.83. The van der Waals surface area contributed by atoms with Crippen LogP contribution >= 0.6 is 0 Å². The molecule has 1 heterocycles. The Kier molecular flexibility index (Phi) is 3.29. The summed E-state index contributed by atoms with van der Waals surface area (Å²) in [6, 6.07) is 3.86. The number of amidine groups is 1. The summed E-state index contributed by atoms with van der Waals surface area (Å²) in [5, 5.41) is 0. The second-order valence-electron chi connectivity index (χ2n) is 2.88. The summed E-state index contributed by atoms with van der Waals surface area (Å²) in [5.74, 6) is 0.560. The standard InChI is InChI=1S/C11H13N3/c1-5-13-11(12-4)10-7-6-8(2)14-9(10)3/h5-7H,1,4H2,2-3H3. The summed E-state index contributed by atoms with van der Waals surface area (Å²) >= 11 is 0. The highest BCUT2D eigenvalue weighted by Gasteiger charge is 2.04. The molecule has 0 saturated carbocycles. The molecule has 0 bridgehead atoms. The largest absolute Gasteiger partial charge is 0.258 e. The van der Waals surface area contributed by atoms with E-state index in [0.29, 0.717) is 5.84 Å². The lowest BCUT2D eigenvalue weighted by atomic mass is 10.1. The molecule has 1 aromatic heterocycles. The number of hydrogen-bond acceptors (Lipinski definition) is 2. The van der Waals surface area contributed by atoms with Gasteiger partial charge in [0.2, 0.25) is 0 Å².